The van der Waals surface area contributed by atoms with E-state index in [0.717, 1.165) is 6.26 Å². The van der Waals surface area contributed by atoms with Gasteiger partial charge in [-0.1, -0.05) is 23.3 Å². The van der Waals surface area contributed by atoms with Gasteiger partial charge in [0, 0.05) is 10.5 Å². The van der Waals surface area contributed by atoms with Gasteiger partial charge in [-0.2, -0.15) is 8.42 Å². The Kier molecular flexibility index (Phi) is 3.75. The molecule has 11 heteroatoms. The highest BCUT2D eigenvalue weighted by molar-refractivity contribution is 7.86. The van der Waals surface area contributed by atoms with Gasteiger partial charge in [0.05, 0.1) is 18.5 Å². The van der Waals surface area contributed by atoms with Crippen LogP contribution in [0.25, 0.3) is 10.4 Å². The predicted molar refractivity (Wildman–Crippen MR) is 82.0 cm³/mol. The molecular weight excluding hydrogens is 340 g/mol. The number of hydrogen-bond donors (Lipinski definition) is 2. The Morgan fingerprint density at radius 3 is 2.75 bits per heavy atom. The number of benzene rings is 1. The third-order valence-electron chi connectivity index (χ3n) is 4.22. The van der Waals surface area contributed by atoms with Gasteiger partial charge < -0.3 is 10.2 Å². The molecule has 2 aliphatic rings. The first-order chi connectivity index (χ1) is 11.1. The maximum absolute atomic E-state index is 11.5. The van der Waals surface area contributed by atoms with Crippen LogP contribution in [0.2, 0.25) is 0 Å². The van der Waals surface area contributed by atoms with E-state index in [0.29, 0.717) is 11.3 Å². The maximum atomic E-state index is 11.5. The molecule has 1 fully saturated rings. The number of anilines is 1. The van der Waals surface area contributed by atoms with E-state index >= 15 is 0 Å². The summed E-state index contributed by atoms with van der Waals surface area (Å²) in [5, 5.41) is 26.6. The molecule has 0 unspecified atom stereocenters. The molecule has 2 aliphatic heterocycles. The van der Waals surface area contributed by atoms with E-state index < -0.39 is 33.7 Å². The molecule has 1 aromatic rings. The lowest BCUT2D eigenvalue weighted by molar-refractivity contribution is -0.343. The van der Waals surface area contributed by atoms with Gasteiger partial charge in [-0.3, -0.25) is 4.18 Å². The minimum atomic E-state index is -3.91. The normalized spacial score (nSPS) is 35.1. The quantitative estimate of drug-likeness (QED) is 0.344. The lowest BCUT2D eigenvalue weighted by atomic mass is 9.77. The molecule has 1 aromatic carbocycles. The molecule has 24 heavy (non-hydrogen) atoms. The fourth-order valence-electron chi connectivity index (χ4n) is 3.11. The molecule has 2 N–H and O–H groups in total. The first kappa shape index (κ1) is 17.0. The summed E-state index contributed by atoms with van der Waals surface area (Å²) in [6, 6.07) is 5.13. The van der Waals surface area contributed by atoms with Crippen LogP contribution in [0.5, 0.6) is 0 Å². The molecule has 0 amide bonds. The zero-order valence-corrected chi connectivity index (χ0v) is 13.7. The van der Waals surface area contributed by atoms with Crippen molar-refractivity contribution in [3.8, 4) is 0 Å². The average molecular weight is 356 g/mol. The predicted octanol–water partition coefficient (Wildman–Crippen LogP) is 0.372. The summed E-state index contributed by atoms with van der Waals surface area (Å²) < 4.78 is 28.0. The zero-order valence-electron chi connectivity index (χ0n) is 12.9. The molecule has 2 bridgehead atoms. The number of aliphatic hydroxyl groups is 2. The molecule has 0 spiro atoms. The standard InChI is InChI=1S/C13H16N4O6S/c1-12(18)8-5-3-4-6-9(8)17-7-10(22-24(2,20)21)11(15-16-14)13(12,19)23-17/h3-6,10-11,18-19H,7H2,1-2H3/t10-,11+,12+,13-/m1/s1. The second kappa shape index (κ2) is 5.31. The SMILES string of the molecule is C[C@]1(O)c2ccccc2N2C[C@@H](OS(C)(=O)=O)[C@H](N=[N+]=[N-])[C@@]1(O)O2. The molecule has 10 nitrogen and oxygen atoms in total. The number of hydrogen-bond acceptors (Lipinski definition) is 8. The van der Waals surface area contributed by atoms with Crippen LogP contribution >= 0.6 is 0 Å². The minimum Gasteiger partial charge on any atom is -0.380 e. The van der Waals surface area contributed by atoms with Gasteiger partial charge in [0.2, 0.25) is 5.79 Å². The second-order valence-electron chi connectivity index (χ2n) is 5.93. The number of azide groups is 1. The van der Waals surface area contributed by atoms with Gasteiger partial charge in [0.25, 0.3) is 10.1 Å². The first-order valence-corrected chi connectivity index (χ1v) is 8.85. The van der Waals surface area contributed by atoms with Crippen molar-refractivity contribution in [3.05, 3.63) is 40.3 Å². The van der Waals surface area contributed by atoms with Crippen LogP contribution in [0.15, 0.2) is 29.4 Å². The average Bonchev–Trinajstić information content (AvgIpc) is 2.48. The van der Waals surface area contributed by atoms with E-state index in [1.165, 1.54) is 12.0 Å². The summed E-state index contributed by atoms with van der Waals surface area (Å²) in [5.41, 5.74) is 7.64. The summed E-state index contributed by atoms with van der Waals surface area (Å²) in [5.74, 6) is -2.40. The third-order valence-corrected chi connectivity index (χ3v) is 4.81. The fourth-order valence-corrected chi connectivity index (χ4v) is 3.73. The van der Waals surface area contributed by atoms with Crippen LogP contribution in [0.4, 0.5) is 5.69 Å². The second-order valence-corrected chi connectivity index (χ2v) is 7.53. The van der Waals surface area contributed by atoms with Gasteiger partial charge in [0.1, 0.15) is 17.7 Å². The van der Waals surface area contributed by atoms with Crippen LogP contribution in [-0.2, 0) is 24.7 Å². The lowest BCUT2D eigenvalue weighted by Crippen LogP contribution is -2.72. The number of para-hydroxylation sites is 1. The Bertz CT molecular complexity index is 822. The van der Waals surface area contributed by atoms with Crippen molar-refractivity contribution in [2.24, 2.45) is 5.11 Å². The summed E-state index contributed by atoms with van der Waals surface area (Å²) in [7, 11) is -3.91. The Balaban J connectivity index is 2.18. The van der Waals surface area contributed by atoms with Crippen molar-refractivity contribution < 1.29 is 27.7 Å². The topological polar surface area (TPSA) is 145 Å². The molecule has 4 atom stereocenters. The molecule has 0 saturated carbocycles. The number of fused-ring (bicyclic) bond motifs is 4. The molecule has 0 aliphatic carbocycles. The number of hydroxylamine groups is 1. The van der Waals surface area contributed by atoms with Crippen LogP contribution in [0.3, 0.4) is 0 Å². The maximum Gasteiger partial charge on any atom is 0.264 e. The molecule has 0 radical (unpaired) electrons. The molecule has 1 saturated heterocycles. The van der Waals surface area contributed by atoms with Crippen molar-refractivity contribution in [3.63, 3.8) is 0 Å². The van der Waals surface area contributed by atoms with Crippen LogP contribution in [0.1, 0.15) is 12.5 Å². The van der Waals surface area contributed by atoms with E-state index in [2.05, 4.69) is 10.0 Å². The Morgan fingerprint density at radius 2 is 2.12 bits per heavy atom. The van der Waals surface area contributed by atoms with E-state index in [1.807, 2.05) is 0 Å². The fraction of sp³-hybridized carbons (Fsp3) is 0.538. The van der Waals surface area contributed by atoms with Gasteiger partial charge in [-0.25, -0.2) is 9.90 Å². The van der Waals surface area contributed by atoms with E-state index in [-0.39, 0.29) is 6.54 Å². The van der Waals surface area contributed by atoms with Crippen molar-refractivity contribution in [1.82, 2.24) is 0 Å². The Labute approximate surface area is 137 Å². The summed E-state index contributed by atoms with van der Waals surface area (Å²) in [4.78, 5) is 8.09. The van der Waals surface area contributed by atoms with Crippen LogP contribution in [-0.4, -0.2) is 49.4 Å². The molecular formula is C13H16N4O6S. The summed E-state index contributed by atoms with van der Waals surface area (Å²) in [6.07, 6.45) is -0.397. The van der Waals surface area contributed by atoms with Crippen molar-refractivity contribution >= 4 is 15.8 Å². The first-order valence-electron chi connectivity index (χ1n) is 7.03. The van der Waals surface area contributed by atoms with Crippen molar-refractivity contribution in [1.29, 1.82) is 0 Å². The van der Waals surface area contributed by atoms with Crippen molar-refractivity contribution in [2.75, 3.05) is 17.9 Å². The third kappa shape index (κ3) is 2.42. The van der Waals surface area contributed by atoms with Crippen LogP contribution in [0, 0.1) is 0 Å². The minimum absolute atomic E-state index is 0.119. The zero-order chi connectivity index (χ0) is 17.8. The summed E-state index contributed by atoms with van der Waals surface area (Å²) >= 11 is 0. The molecule has 0 aromatic heterocycles. The van der Waals surface area contributed by atoms with E-state index in [4.69, 9.17) is 14.6 Å². The highest BCUT2D eigenvalue weighted by atomic mass is 32.2. The van der Waals surface area contributed by atoms with E-state index in [1.54, 1.807) is 24.3 Å². The van der Waals surface area contributed by atoms with Crippen LogP contribution < -0.4 is 5.06 Å². The number of nitrogens with zero attached hydrogens (tertiary/aromatic N) is 4. The Morgan fingerprint density at radius 1 is 1.46 bits per heavy atom. The highest BCUT2D eigenvalue weighted by Gasteiger charge is 2.64. The van der Waals surface area contributed by atoms with E-state index in [9.17, 15) is 18.6 Å². The Hall–Kier alpha value is -1.88. The largest absolute Gasteiger partial charge is 0.380 e. The lowest BCUT2D eigenvalue weighted by Gasteiger charge is -2.56. The van der Waals surface area contributed by atoms with Gasteiger partial charge in [-0.15, -0.1) is 0 Å². The van der Waals surface area contributed by atoms with Crippen molar-refractivity contribution in [2.45, 2.75) is 30.5 Å². The summed E-state index contributed by atoms with van der Waals surface area (Å²) in [6.45, 7) is 1.18. The van der Waals surface area contributed by atoms with Gasteiger partial charge in [0.15, 0.2) is 0 Å². The van der Waals surface area contributed by atoms with Gasteiger partial charge in [-0.05, 0) is 18.5 Å². The number of rotatable bonds is 3. The molecule has 2 heterocycles. The molecule has 130 valence electrons. The monoisotopic (exact) mass is 356 g/mol. The highest BCUT2D eigenvalue weighted by Crippen LogP contribution is 2.50. The smallest absolute Gasteiger partial charge is 0.264 e. The molecule has 3 rings (SSSR count). The van der Waals surface area contributed by atoms with Gasteiger partial charge >= 0.3 is 0 Å².